The van der Waals surface area contributed by atoms with Crippen LogP contribution in [0.1, 0.15) is 11.9 Å². The minimum Gasteiger partial charge on any atom is -0.285 e. The van der Waals surface area contributed by atoms with Crippen LogP contribution >= 0.6 is 12.2 Å². The molecule has 1 saturated heterocycles. The van der Waals surface area contributed by atoms with Crippen molar-refractivity contribution in [3.05, 3.63) is 30.1 Å². The van der Waals surface area contributed by atoms with Crippen molar-refractivity contribution in [3.63, 3.8) is 0 Å². The number of nitrogens with one attached hydrogen (secondary N) is 2. The number of pyridine rings is 1. The lowest BCUT2D eigenvalue weighted by Crippen LogP contribution is -2.62. The van der Waals surface area contributed by atoms with Gasteiger partial charge in [-0.15, -0.1) is 0 Å². The summed E-state index contributed by atoms with van der Waals surface area (Å²) in [4.78, 5) is 4.27. The summed E-state index contributed by atoms with van der Waals surface area (Å²) in [6.07, 6.45) is 1.72. The summed E-state index contributed by atoms with van der Waals surface area (Å²) in [5.41, 5.74) is 7.31. The molecule has 0 saturated carbocycles. The Hall–Kier alpha value is -1.24. The largest absolute Gasteiger partial charge is 0.285 e. The first-order valence-electron chi connectivity index (χ1n) is 4.63. The second kappa shape index (κ2) is 4.09. The van der Waals surface area contributed by atoms with E-state index in [4.69, 9.17) is 12.2 Å². The average Bonchev–Trinajstić information content (AvgIpc) is 2.26. The van der Waals surface area contributed by atoms with Crippen molar-refractivity contribution in [2.45, 2.75) is 6.17 Å². The van der Waals surface area contributed by atoms with Crippen LogP contribution in [0.2, 0.25) is 0 Å². The molecule has 1 aliphatic heterocycles. The van der Waals surface area contributed by atoms with Crippen LogP contribution in [0.4, 0.5) is 0 Å². The molecule has 5 nitrogen and oxygen atoms in total. The van der Waals surface area contributed by atoms with Crippen molar-refractivity contribution in [1.29, 1.82) is 0 Å². The van der Waals surface area contributed by atoms with Crippen molar-refractivity contribution in [2.24, 2.45) is 0 Å². The summed E-state index contributed by atoms with van der Waals surface area (Å²) in [5, 5.41) is 4.29. The predicted octanol–water partition coefficient (Wildman–Crippen LogP) is 0.252. The molecule has 0 aliphatic carbocycles. The molecule has 1 fully saturated rings. The van der Waals surface area contributed by atoms with E-state index in [1.807, 2.05) is 32.3 Å². The normalized spacial score (nSPS) is 18.4. The summed E-state index contributed by atoms with van der Waals surface area (Å²) in [6, 6.07) is 5.81. The van der Waals surface area contributed by atoms with Crippen LogP contribution in [0.15, 0.2) is 24.4 Å². The van der Waals surface area contributed by atoms with Crippen LogP contribution in [0.3, 0.4) is 0 Å². The smallest absolute Gasteiger partial charge is 0.200 e. The van der Waals surface area contributed by atoms with E-state index >= 15 is 0 Å². The first kappa shape index (κ1) is 10.3. The van der Waals surface area contributed by atoms with Crippen molar-refractivity contribution >= 4 is 17.3 Å². The maximum atomic E-state index is 5.16. The number of rotatable bonds is 1. The Bertz CT molecular complexity index is 341. The lowest BCUT2D eigenvalue weighted by atomic mass is 10.3. The molecule has 2 rings (SSSR count). The number of thiocarbonyl (C=S) groups is 1. The minimum absolute atomic E-state index is 0.0482. The molecular formula is C9H13N5S. The van der Waals surface area contributed by atoms with Crippen LogP contribution < -0.4 is 10.9 Å². The first-order valence-corrected chi connectivity index (χ1v) is 5.04. The Morgan fingerprint density at radius 2 is 1.93 bits per heavy atom. The lowest BCUT2D eigenvalue weighted by Gasteiger charge is -2.39. The van der Waals surface area contributed by atoms with Crippen LogP contribution in [0.25, 0.3) is 0 Å². The third-order valence-corrected chi connectivity index (χ3v) is 2.75. The zero-order valence-corrected chi connectivity index (χ0v) is 9.45. The first-order chi connectivity index (χ1) is 7.18. The maximum Gasteiger partial charge on any atom is 0.200 e. The molecule has 0 unspecified atom stereocenters. The quantitative estimate of drug-likeness (QED) is 0.665. The van der Waals surface area contributed by atoms with Gasteiger partial charge in [0.15, 0.2) is 5.11 Å². The number of nitrogens with zero attached hydrogens (tertiary/aromatic N) is 3. The highest BCUT2D eigenvalue weighted by Crippen LogP contribution is 2.11. The lowest BCUT2D eigenvalue weighted by molar-refractivity contribution is 0.128. The highest BCUT2D eigenvalue weighted by molar-refractivity contribution is 7.80. The Morgan fingerprint density at radius 3 is 2.47 bits per heavy atom. The summed E-state index contributed by atoms with van der Waals surface area (Å²) in [6.45, 7) is 0. The van der Waals surface area contributed by atoms with E-state index in [0.29, 0.717) is 5.11 Å². The van der Waals surface area contributed by atoms with Crippen LogP contribution in [0.5, 0.6) is 0 Å². The molecule has 2 N–H and O–H groups in total. The van der Waals surface area contributed by atoms with Gasteiger partial charge in [-0.25, -0.2) is 10.9 Å². The molecule has 1 aromatic heterocycles. The molecule has 1 aliphatic rings. The fourth-order valence-corrected chi connectivity index (χ4v) is 1.54. The number of hydrogen-bond acceptors (Lipinski definition) is 4. The maximum absolute atomic E-state index is 5.16. The molecule has 15 heavy (non-hydrogen) atoms. The molecule has 80 valence electrons. The third-order valence-electron chi connectivity index (χ3n) is 2.20. The number of hydrogen-bond donors (Lipinski definition) is 2. The molecule has 0 aromatic carbocycles. The molecule has 0 atom stereocenters. The highest BCUT2D eigenvalue weighted by atomic mass is 32.1. The van der Waals surface area contributed by atoms with Gasteiger partial charge in [-0.2, -0.15) is 0 Å². The van der Waals surface area contributed by atoms with Gasteiger partial charge in [0.1, 0.15) is 6.17 Å². The monoisotopic (exact) mass is 223 g/mol. The van der Waals surface area contributed by atoms with Crippen molar-refractivity contribution in [1.82, 2.24) is 25.9 Å². The van der Waals surface area contributed by atoms with Gasteiger partial charge in [-0.3, -0.25) is 15.0 Å². The Balaban J connectivity index is 2.16. The van der Waals surface area contributed by atoms with E-state index in [-0.39, 0.29) is 6.17 Å². The molecule has 6 heteroatoms. The van der Waals surface area contributed by atoms with Gasteiger partial charge < -0.3 is 0 Å². The van der Waals surface area contributed by atoms with Gasteiger partial charge in [-0.05, 0) is 24.4 Å². The third kappa shape index (κ3) is 2.06. The van der Waals surface area contributed by atoms with E-state index in [0.717, 1.165) is 5.69 Å². The van der Waals surface area contributed by atoms with E-state index in [2.05, 4.69) is 15.8 Å². The van der Waals surface area contributed by atoms with Gasteiger partial charge in [-0.1, -0.05) is 6.07 Å². The Morgan fingerprint density at radius 1 is 1.27 bits per heavy atom. The topological polar surface area (TPSA) is 43.4 Å². The zero-order chi connectivity index (χ0) is 10.8. The number of hydrazine groups is 2. The summed E-state index contributed by atoms with van der Waals surface area (Å²) in [7, 11) is 3.77. The molecule has 0 radical (unpaired) electrons. The van der Waals surface area contributed by atoms with Crippen LogP contribution in [-0.2, 0) is 0 Å². The van der Waals surface area contributed by atoms with E-state index < -0.39 is 0 Å². The standard InChI is InChI=1S/C9H13N5S/c1-13-9(15)14(2)12-8(11-13)7-5-3-4-6-10-7/h3-6,8,11-12H,1-2H3. The number of aromatic nitrogens is 1. The summed E-state index contributed by atoms with van der Waals surface area (Å²) in [5.74, 6) is 0. The van der Waals surface area contributed by atoms with Crippen LogP contribution in [-0.4, -0.2) is 34.2 Å². The Kier molecular flexibility index (Phi) is 2.81. The molecule has 0 bridgehead atoms. The van der Waals surface area contributed by atoms with E-state index in [9.17, 15) is 0 Å². The van der Waals surface area contributed by atoms with Crippen molar-refractivity contribution < 1.29 is 0 Å². The van der Waals surface area contributed by atoms with Gasteiger partial charge in [0.05, 0.1) is 5.69 Å². The minimum atomic E-state index is -0.0482. The van der Waals surface area contributed by atoms with Crippen LogP contribution in [0, 0.1) is 0 Å². The molecule has 0 amide bonds. The predicted molar refractivity (Wildman–Crippen MR) is 61.4 cm³/mol. The molecule has 2 heterocycles. The van der Waals surface area contributed by atoms with Gasteiger partial charge >= 0.3 is 0 Å². The van der Waals surface area contributed by atoms with Gasteiger partial charge in [0.25, 0.3) is 0 Å². The fraction of sp³-hybridized carbons (Fsp3) is 0.333. The highest BCUT2D eigenvalue weighted by Gasteiger charge is 2.24. The summed E-state index contributed by atoms with van der Waals surface area (Å²) < 4.78 is 0. The van der Waals surface area contributed by atoms with E-state index in [1.54, 1.807) is 16.2 Å². The molecule has 1 aromatic rings. The van der Waals surface area contributed by atoms with Gasteiger partial charge in [0, 0.05) is 20.3 Å². The summed E-state index contributed by atoms with van der Waals surface area (Å²) >= 11 is 5.16. The van der Waals surface area contributed by atoms with E-state index in [1.165, 1.54) is 0 Å². The molecule has 0 spiro atoms. The Labute approximate surface area is 94.0 Å². The SMILES string of the molecule is CN1NC(c2ccccn2)NN(C)C1=S. The van der Waals surface area contributed by atoms with Gasteiger partial charge in [0.2, 0.25) is 0 Å². The zero-order valence-electron chi connectivity index (χ0n) is 8.64. The second-order valence-electron chi connectivity index (χ2n) is 3.35. The average molecular weight is 223 g/mol. The molecular weight excluding hydrogens is 210 g/mol. The second-order valence-corrected chi connectivity index (χ2v) is 3.71. The van der Waals surface area contributed by atoms with Crippen molar-refractivity contribution in [3.8, 4) is 0 Å². The fourth-order valence-electron chi connectivity index (χ4n) is 1.43. The van der Waals surface area contributed by atoms with Crippen molar-refractivity contribution in [2.75, 3.05) is 14.1 Å².